The van der Waals surface area contributed by atoms with Crippen molar-refractivity contribution in [1.29, 1.82) is 0 Å². The van der Waals surface area contributed by atoms with Gasteiger partial charge in [0.15, 0.2) is 17.6 Å². The molecule has 0 saturated heterocycles. The van der Waals surface area contributed by atoms with E-state index in [1.54, 1.807) is 4.90 Å². The maximum Gasteiger partial charge on any atom is 0.277 e. The van der Waals surface area contributed by atoms with Crippen molar-refractivity contribution in [3.63, 3.8) is 0 Å². The first-order valence-corrected chi connectivity index (χ1v) is 11.3. The summed E-state index contributed by atoms with van der Waals surface area (Å²) in [7, 11) is 0. The van der Waals surface area contributed by atoms with E-state index in [0.717, 1.165) is 30.2 Å². The Labute approximate surface area is 175 Å². The molecule has 1 aliphatic heterocycles. The first-order valence-electron chi connectivity index (χ1n) is 10.4. The van der Waals surface area contributed by atoms with Crippen LogP contribution in [0.4, 0.5) is 0 Å². The predicted octanol–water partition coefficient (Wildman–Crippen LogP) is 3.90. The van der Waals surface area contributed by atoms with Crippen molar-refractivity contribution in [3.8, 4) is 11.5 Å². The SMILES string of the molecule is CCN(CC1COc2ccccc2O1)C(=O)CSc1nnc(C2CCCCC2)o1. The Bertz CT molecular complexity index is 822. The number of para-hydroxylation sites is 2. The molecule has 1 aromatic heterocycles. The van der Waals surface area contributed by atoms with Crippen LogP contribution in [0.2, 0.25) is 0 Å². The zero-order valence-corrected chi connectivity index (χ0v) is 17.5. The Kier molecular flexibility index (Phi) is 6.59. The van der Waals surface area contributed by atoms with Gasteiger partial charge in [-0.3, -0.25) is 4.79 Å². The lowest BCUT2D eigenvalue weighted by molar-refractivity contribution is -0.129. The molecule has 1 saturated carbocycles. The molecule has 2 aromatic rings. The van der Waals surface area contributed by atoms with Gasteiger partial charge in [-0.15, -0.1) is 10.2 Å². The van der Waals surface area contributed by atoms with E-state index in [-0.39, 0.29) is 17.8 Å². The third-order valence-electron chi connectivity index (χ3n) is 5.42. The highest BCUT2D eigenvalue weighted by molar-refractivity contribution is 7.99. The molecule has 0 bridgehead atoms. The van der Waals surface area contributed by atoms with Crippen LogP contribution in [-0.2, 0) is 4.79 Å². The maximum absolute atomic E-state index is 12.7. The molecule has 29 heavy (non-hydrogen) atoms. The molecule has 1 fully saturated rings. The minimum absolute atomic E-state index is 0.0253. The minimum Gasteiger partial charge on any atom is -0.486 e. The fourth-order valence-corrected chi connectivity index (χ4v) is 4.49. The van der Waals surface area contributed by atoms with Crippen molar-refractivity contribution in [1.82, 2.24) is 15.1 Å². The standard InChI is InChI=1S/C21H27N3O4S/c1-2-24(12-16-13-26-17-10-6-7-11-18(17)27-16)19(25)14-29-21-23-22-20(28-21)15-8-4-3-5-9-15/h6-7,10-11,15-16H,2-5,8-9,12-14H2,1H3. The van der Waals surface area contributed by atoms with Crippen molar-refractivity contribution < 1.29 is 18.7 Å². The monoisotopic (exact) mass is 417 g/mol. The summed E-state index contributed by atoms with van der Waals surface area (Å²) in [6.45, 7) is 3.50. The number of rotatable bonds is 7. The smallest absolute Gasteiger partial charge is 0.277 e. The summed E-state index contributed by atoms with van der Waals surface area (Å²) in [5.41, 5.74) is 0. The molecule has 0 radical (unpaired) electrons. The fraction of sp³-hybridized carbons (Fsp3) is 0.571. The number of amides is 1. The van der Waals surface area contributed by atoms with Crippen LogP contribution in [0, 0.1) is 0 Å². The number of carbonyl (C=O) groups excluding carboxylic acids is 1. The number of carbonyl (C=O) groups is 1. The van der Waals surface area contributed by atoms with Crippen molar-refractivity contribution in [2.75, 3.05) is 25.4 Å². The van der Waals surface area contributed by atoms with E-state index in [0.29, 0.717) is 30.8 Å². The van der Waals surface area contributed by atoms with Gasteiger partial charge in [0.05, 0.1) is 12.3 Å². The maximum atomic E-state index is 12.7. The third kappa shape index (κ3) is 5.04. The van der Waals surface area contributed by atoms with Gasteiger partial charge in [0.2, 0.25) is 11.8 Å². The van der Waals surface area contributed by atoms with E-state index in [1.807, 2.05) is 31.2 Å². The summed E-state index contributed by atoms with van der Waals surface area (Å²) in [6, 6.07) is 7.60. The average Bonchev–Trinajstić information content (AvgIpc) is 3.25. The number of likely N-dealkylation sites (N-methyl/N-ethyl adjacent to an activating group) is 1. The summed E-state index contributed by atoms with van der Waals surface area (Å²) in [5, 5.41) is 8.79. The molecule has 2 heterocycles. The fourth-order valence-electron chi connectivity index (χ4n) is 3.81. The highest BCUT2D eigenvalue weighted by Crippen LogP contribution is 2.33. The highest BCUT2D eigenvalue weighted by Gasteiger charge is 2.26. The summed E-state index contributed by atoms with van der Waals surface area (Å²) in [6.07, 6.45) is 5.77. The normalized spacial score (nSPS) is 19.1. The molecule has 156 valence electrons. The van der Waals surface area contributed by atoms with Gasteiger partial charge in [-0.2, -0.15) is 0 Å². The van der Waals surface area contributed by atoms with Gasteiger partial charge in [-0.05, 0) is 31.9 Å². The molecule has 1 unspecified atom stereocenters. The Morgan fingerprint density at radius 2 is 1.97 bits per heavy atom. The van der Waals surface area contributed by atoms with Gasteiger partial charge in [-0.1, -0.05) is 43.2 Å². The number of fused-ring (bicyclic) bond motifs is 1. The molecule has 1 aromatic carbocycles. The van der Waals surface area contributed by atoms with Crippen LogP contribution >= 0.6 is 11.8 Å². The van der Waals surface area contributed by atoms with Gasteiger partial charge < -0.3 is 18.8 Å². The second-order valence-electron chi connectivity index (χ2n) is 7.46. The average molecular weight is 418 g/mol. The summed E-state index contributed by atoms with van der Waals surface area (Å²) in [4.78, 5) is 14.5. The van der Waals surface area contributed by atoms with Crippen molar-refractivity contribution in [3.05, 3.63) is 30.2 Å². The molecule has 0 N–H and O–H groups in total. The van der Waals surface area contributed by atoms with Gasteiger partial charge >= 0.3 is 0 Å². The lowest BCUT2D eigenvalue weighted by Gasteiger charge is -2.30. The van der Waals surface area contributed by atoms with Crippen LogP contribution in [0.5, 0.6) is 11.5 Å². The molecule has 4 rings (SSSR count). The van der Waals surface area contributed by atoms with Crippen molar-refractivity contribution in [2.45, 2.75) is 56.3 Å². The predicted molar refractivity (Wildman–Crippen MR) is 109 cm³/mol. The number of benzene rings is 1. The van der Waals surface area contributed by atoms with Crippen LogP contribution in [0.1, 0.15) is 50.8 Å². The Hall–Kier alpha value is -2.22. The quantitative estimate of drug-likeness (QED) is 0.632. The Balaban J connectivity index is 1.28. The number of thioether (sulfide) groups is 1. The summed E-state index contributed by atoms with van der Waals surface area (Å²) >= 11 is 1.30. The third-order valence-corrected chi connectivity index (χ3v) is 6.22. The van der Waals surface area contributed by atoms with Gasteiger partial charge in [0, 0.05) is 12.5 Å². The number of aromatic nitrogens is 2. The van der Waals surface area contributed by atoms with Crippen LogP contribution < -0.4 is 9.47 Å². The lowest BCUT2D eigenvalue weighted by Crippen LogP contribution is -2.44. The molecular formula is C21H27N3O4S. The van der Waals surface area contributed by atoms with Crippen molar-refractivity contribution in [2.24, 2.45) is 0 Å². The molecule has 8 heteroatoms. The minimum atomic E-state index is -0.180. The first kappa shape index (κ1) is 20.1. The molecule has 7 nitrogen and oxygen atoms in total. The first-order chi connectivity index (χ1) is 14.2. The van der Waals surface area contributed by atoms with E-state index in [4.69, 9.17) is 13.9 Å². The molecule has 0 spiro atoms. The zero-order valence-electron chi connectivity index (χ0n) is 16.7. The second-order valence-corrected chi connectivity index (χ2v) is 8.39. The molecule has 1 aliphatic carbocycles. The van der Waals surface area contributed by atoms with E-state index < -0.39 is 0 Å². The Morgan fingerprint density at radius 3 is 2.76 bits per heavy atom. The summed E-state index contributed by atoms with van der Waals surface area (Å²) < 4.78 is 17.5. The van der Waals surface area contributed by atoms with Gasteiger partial charge in [-0.25, -0.2) is 0 Å². The molecule has 1 atom stereocenters. The number of hydrogen-bond acceptors (Lipinski definition) is 7. The topological polar surface area (TPSA) is 77.7 Å². The molecule has 1 amide bonds. The number of nitrogens with zero attached hydrogens (tertiary/aromatic N) is 3. The number of hydrogen-bond donors (Lipinski definition) is 0. The van der Waals surface area contributed by atoms with E-state index >= 15 is 0 Å². The lowest BCUT2D eigenvalue weighted by atomic mass is 9.89. The second kappa shape index (κ2) is 9.52. The van der Waals surface area contributed by atoms with E-state index in [2.05, 4.69) is 10.2 Å². The van der Waals surface area contributed by atoms with E-state index in [9.17, 15) is 4.79 Å². The van der Waals surface area contributed by atoms with Crippen LogP contribution in [-0.4, -0.2) is 52.6 Å². The zero-order chi connectivity index (χ0) is 20.1. The van der Waals surface area contributed by atoms with E-state index in [1.165, 1.54) is 31.0 Å². The molecular weight excluding hydrogens is 390 g/mol. The highest BCUT2D eigenvalue weighted by atomic mass is 32.2. The van der Waals surface area contributed by atoms with Crippen LogP contribution in [0.3, 0.4) is 0 Å². The summed E-state index contributed by atoms with van der Waals surface area (Å²) in [5.74, 6) is 2.86. The largest absolute Gasteiger partial charge is 0.486 e. The van der Waals surface area contributed by atoms with Crippen molar-refractivity contribution >= 4 is 17.7 Å². The van der Waals surface area contributed by atoms with Crippen LogP contribution in [0.25, 0.3) is 0 Å². The van der Waals surface area contributed by atoms with Crippen LogP contribution in [0.15, 0.2) is 33.9 Å². The van der Waals surface area contributed by atoms with Gasteiger partial charge in [0.1, 0.15) is 6.61 Å². The molecule has 2 aliphatic rings. The van der Waals surface area contributed by atoms with Gasteiger partial charge in [0.25, 0.3) is 5.22 Å². The number of ether oxygens (including phenoxy) is 2. The Morgan fingerprint density at radius 1 is 1.17 bits per heavy atom.